The first-order valence-corrected chi connectivity index (χ1v) is 13.8. The van der Waals surface area contributed by atoms with Crippen LogP contribution in [0.15, 0.2) is 42.5 Å². The highest BCUT2D eigenvalue weighted by atomic mass is 35.5. The van der Waals surface area contributed by atoms with Gasteiger partial charge in [-0.3, -0.25) is 14.4 Å². The summed E-state index contributed by atoms with van der Waals surface area (Å²) in [6.45, 7) is 11.0. The van der Waals surface area contributed by atoms with E-state index in [1.54, 1.807) is 39.0 Å². The second-order valence-electron chi connectivity index (χ2n) is 10.8. The van der Waals surface area contributed by atoms with Crippen LogP contribution in [0.5, 0.6) is 0 Å². The standard InChI is InChI=1S/C30H41ClN4O5/c1-7-8-17-35(28(38)23(15-16-24(32)36)33-29(39)40-30(4,5)6)26(21-13-9-11-19(2)18-21)27(37)34-25-20(3)12-10-14-22(25)31/h9-14,18,23,26H,7-8,15-17H2,1-6H3,(H2,32,36)(H,33,39)(H,34,37). The number of hydrogen-bond donors (Lipinski definition) is 3. The van der Waals surface area contributed by atoms with Crippen LogP contribution >= 0.6 is 11.6 Å². The van der Waals surface area contributed by atoms with Crippen molar-refractivity contribution in [1.29, 1.82) is 0 Å². The van der Waals surface area contributed by atoms with Gasteiger partial charge in [-0.25, -0.2) is 4.79 Å². The summed E-state index contributed by atoms with van der Waals surface area (Å²) in [7, 11) is 0. The Kier molecular flexibility index (Phi) is 12.0. The van der Waals surface area contributed by atoms with E-state index in [1.807, 2.05) is 45.0 Å². The van der Waals surface area contributed by atoms with E-state index in [4.69, 9.17) is 22.1 Å². The number of amides is 4. The molecule has 2 atom stereocenters. The van der Waals surface area contributed by atoms with E-state index >= 15 is 0 Å². The van der Waals surface area contributed by atoms with E-state index in [0.29, 0.717) is 22.7 Å². The third-order valence-electron chi connectivity index (χ3n) is 6.09. The van der Waals surface area contributed by atoms with Gasteiger partial charge in [0.05, 0.1) is 10.7 Å². The monoisotopic (exact) mass is 572 g/mol. The van der Waals surface area contributed by atoms with Crippen molar-refractivity contribution in [3.63, 3.8) is 0 Å². The Balaban J connectivity index is 2.57. The van der Waals surface area contributed by atoms with Crippen molar-refractivity contribution in [2.75, 3.05) is 11.9 Å². The highest BCUT2D eigenvalue weighted by molar-refractivity contribution is 6.34. The molecule has 9 nitrogen and oxygen atoms in total. The van der Waals surface area contributed by atoms with Crippen LogP contribution in [0.25, 0.3) is 0 Å². The number of rotatable bonds is 12. The first-order valence-electron chi connectivity index (χ1n) is 13.4. The van der Waals surface area contributed by atoms with Gasteiger partial charge >= 0.3 is 6.09 Å². The van der Waals surface area contributed by atoms with Gasteiger partial charge in [-0.05, 0) is 64.7 Å². The largest absolute Gasteiger partial charge is 0.444 e. The minimum atomic E-state index is -1.15. The fourth-order valence-corrected chi connectivity index (χ4v) is 4.45. The SMILES string of the molecule is CCCCN(C(=O)C(CCC(N)=O)NC(=O)OC(C)(C)C)C(C(=O)Nc1c(C)cccc1Cl)c1cccc(C)c1. The van der Waals surface area contributed by atoms with Crippen LogP contribution in [0.4, 0.5) is 10.5 Å². The van der Waals surface area contributed by atoms with Gasteiger partial charge in [-0.1, -0.05) is 66.9 Å². The summed E-state index contributed by atoms with van der Waals surface area (Å²) < 4.78 is 5.37. The molecule has 0 heterocycles. The number of nitrogens with two attached hydrogens (primary N) is 1. The van der Waals surface area contributed by atoms with Gasteiger partial charge in [0.1, 0.15) is 17.7 Å². The van der Waals surface area contributed by atoms with Crippen LogP contribution in [0.3, 0.4) is 0 Å². The summed E-state index contributed by atoms with van der Waals surface area (Å²) in [5.74, 6) is -1.61. The summed E-state index contributed by atoms with van der Waals surface area (Å²) in [5.41, 5.74) is 7.29. The molecular formula is C30H41ClN4O5. The number of alkyl carbamates (subject to hydrolysis) is 1. The molecule has 0 aliphatic rings. The zero-order chi connectivity index (χ0) is 30.0. The fraction of sp³-hybridized carbons (Fsp3) is 0.467. The van der Waals surface area contributed by atoms with Gasteiger partial charge in [0.2, 0.25) is 11.8 Å². The number of benzene rings is 2. The fourth-order valence-electron chi connectivity index (χ4n) is 4.18. The predicted molar refractivity (Wildman–Crippen MR) is 157 cm³/mol. The first-order chi connectivity index (χ1) is 18.7. The number of carbonyl (C=O) groups is 4. The van der Waals surface area contributed by atoms with E-state index in [0.717, 1.165) is 17.5 Å². The van der Waals surface area contributed by atoms with Gasteiger partial charge < -0.3 is 26.0 Å². The van der Waals surface area contributed by atoms with E-state index < -0.39 is 41.5 Å². The summed E-state index contributed by atoms with van der Waals surface area (Å²) in [6.07, 6.45) is 0.340. The number of nitrogens with zero attached hydrogens (tertiary/aromatic N) is 1. The second kappa shape index (κ2) is 14.7. The summed E-state index contributed by atoms with van der Waals surface area (Å²) in [5, 5.41) is 5.88. The number of halogens is 1. The van der Waals surface area contributed by atoms with Gasteiger partial charge in [-0.15, -0.1) is 0 Å². The maximum absolute atomic E-state index is 14.2. The Hall–Kier alpha value is -3.59. The number of aryl methyl sites for hydroxylation is 2. The van der Waals surface area contributed by atoms with Gasteiger partial charge in [-0.2, -0.15) is 0 Å². The van der Waals surface area contributed by atoms with Crippen LogP contribution in [-0.2, 0) is 19.1 Å². The molecule has 4 amide bonds. The molecule has 10 heteroatoms. The molecule has 218 valence electrons. The predicted octanol–water partition coefficient (Wildman–Crippen LogP) is 5.42. The minimum absolute atomic E-state index is 0.0538. The lowest BCUT2D eigenvalue weighted by atomic mass is 9.99. The van der Waals surface area contributed by atoms with E-state index in [9.17, 15) is 19.2 Å². The number of anilines is 1. The van der Waals surface area contributed by atoms with Crippen LogP contribution < -0.4 is 16.4 Å². The van der Waals surface area contributed by atoms with Crippen molar-refractivity contribution in [3.05, 3.63) is 64.2 Å². The highest BCUT2D eigenvalue weighted by Gasteiger charge is 2.36. The van der Waals surface area contributed by atoms with Crippen molar-refractivity contribution in [2.24, 2.45) is 5.73 Å². The molecule has 0 aromatic heterocycles. The second-order valence-corrected chi connectivity index (χ2v) is 11.2. The van der Waals surface area contributed by atoms with Crippen molar-refractivity contribution in [2.45, 2.75) is 84.9 Å². The van der Waals surface area contributed by atoms with Gasteiger partial charge in [0, 0.05) is 13.0 Å². The number of para-hydroxylation sites is 1. The maximum Gasteiger partial charge on any atom is 0.408 e. The van der Waals surface area contributed by atoms with Crippen LogP contribution in [0.1, 0.15) is 76.1 Å². The topological polar surface area (TPSA) is 131 Å². The molecule has 0 aliphatic heterocycles. The zero-order valence-electron chi connectivity index (χ0n) is 24.2. The lowest BCUT2D eigenvalue weighted by Crippen LogP contribution is -2.52. The molecule has 40 heavy (non-hydrogen) atoms. The van der Waals surface area contributed by atoms with E-state index in [2.05, 4.69) is 10.6 Å². The first kappa shape index (κ1) is 32.6. The lowest BCUT2D eigenvalue weighted by molar-refractivity contribution is -0.141. The number of primary amides is 1. The average Bonchev–Trinajstić information content (AvgIpc) is 2.84. The molecule has 0 saturated heterocycles. The molecule has 0 saturated carbocycles. The molecule has 4 N–H and O–H groups in total. The molecule has 2 aromatic rings. The zero-order valence-corrected chi connectivity index (χ0v) is 24.9. The smallest absolute Gasteiger partial charge is 0.408 e. The minimum Gasteiger partial charge on any atom is -0.444 e. The Morgan fingerprint density at radius 3 is 2.33 bits per heavy atom. The molecular weight excluding hydrogens is 532 g/mol. The van der Waals surface area contributed by atoms with Crippen molar-refractivity contribution < 1.29 is 23.9 Å². The molecule has 0 fully saturated rings. The van der Waals surface area contributed by atoms with E-state index in [1.165, 1.54) is 4.90 Å². The van der Waals surface area contributed by atoms with E-state index in [-0.39, 0.29) is 19.4 Å². The number of hydrogen-bond acceptors (Lipinski definition) is 5. The van der Waals surface area contributed by atoms with Crippen molar-refractivity contribution >= 4 is 41.1 Å². The van der Waals surface area contributed by atoms with Crippen LogP contribution in [-0.4, -0.2) is 46.9 Å². The quantitative estimate of drug-likeness (QED) is 0.312. The Labute approximate surface area is 241 Å². The maximum atomic E-state index is 14.2. The average molecular weight is 573 g/mol. The van der Waals surface area contributed by atoms with Crippen LogP contribution in [0.2, 0.25) is 5.02 Å². The molecule has 0 bridgehead atoms. The van der Waals surface area contributed by atoms with Crippen molar-refractivity contribution in [3.8, 4) is 0 Å². The Morgan fingerprint density at radius 1 is 1.07 bits per heavy atom. The number of unbranched alkanes of at least 4 members (excludes halogenated alkanes) is 1. The highest BCUT2D eigenvalue weighted by Crippen LogP contribution is 2.30. The molecule has 0 spiro atoms. The third-order valence-corrected chi connectivity index (χ3v) is 6.41. The number of carbonyl (C=O) groups excluding carboxylic acids is 4. The Morgan fingerprint density at radius 2 is 1.75 bits per heavy atom. The third kappa shape index (κ3) is 9.86. The molecule has 2 unspecified atom stereocenters. The molecule has 0 aliphatic carbocycles. The number of nitrogens with one attached hydrogen (secondary N) is 2. The lowest BCUT2D eigenvalue weighted by Gasteiger charge is -2.35. The molecule has 2 rings (SSSR count). The summed E-state index contributed by atoms with van der Waals surface area (Å²) >= 11 is 6.41. The van der Waals surface area contributed by atoms with Crippen LogP contribution in [0, 0.1) is 13.8 Å². The normalized spacial score (nSPS) is 12.7. The summed E-state index contributed by atoms with van der Waals surface area (Å²) in [6, 6.07) is 10.4. The Bertz CT molecular complexity index is 1190. The summed E-state index contributed by atoms with van der Waals surface area (Å²) in [4.78, 5) is 53.9. The van der Waals surface area contributed by atoms with Crippen molar-refractivity contribution in [1.82, 2.24) is 10.2 Å². The van der Waals surface area contributed by atoms with Gasteiger partial charge in [0.15, 0.2) is 0 Å². The number of ether oxygens (including phenoxy) is 1. The molecule has 2 aromatic carbocycles. The molecule has 0 radical (unpaired) electrons. The van der Waals surface area contributed by atoms with Gasteiger partial charge in [0.25, 0.3) is 5.91 Å².